The van der Waals surface area contributed by atoms with Crippen LogP contribution in [0, 0.1) is 28.7 Å². The number of benzene rings is 2. The summed E-state index contributed by atoms with van der Waals surface area (Å²) in [5, 5.41) is 22.2. The van der Waals surface area contributed by atoms with E-state index in [9.17, 15) is 15.2 Å². The molecule has 26 heavy (non-hydrogen) atoms. The zero-order valence-electron chi connectivity index (χ0n) is 14.8. The second kappa shape index (κ2) is 8.72. The largest absolute Gasteiger partial charge is 0.504 e. The number of ether oxygens (including phenoxy) is 1. The molecular formula is C20H19IN2O3. The Kier molecular flexibility index (Phi) is 6.64. The first kappa shape index (κ1) is 19.8. The monoisotopic (exact) mass is 462 g/mol. The molecule has 2 aromatic rings. The van der Waals surface area contributed by atoms with Crippen molar-refractivity contribution in [3.63, 3.8) is 0 Å². The van der Waals surface area contributed by atoms with Gasteiger partial charge in [-0.2, -0.15) is 5.26 Å². The van der Waals surface area contributed by atoms with Crippen molar-refractivity contribution in [2.75, 3.05) is 11.9 Å². The Balaban J connectivity index is 2.34. The maximum absolute atomic E-state index is 12.5. The van der Waals surface area contributed by atoms with Crippen LogP contribution in [0.3, 0.4) is 0 Å². The van der Waals surface area contributed by atoms with Gasteiger partial charge >= 0.3 is 0 Å². The van der Waals surface area contributed by atoms with E-state index in [1.165, 1.54) is 6.08 Å². The van der Waals surface area contributed by atoms with Crippen molar-refractivity contribution in [2.45, 2.75) is 20.8 Å². The Labute approximate surface area is 166 Å². The van der Waals surface area contributed by atoms with Crippen LogP contribution in [0.15, 0.2) is 35.9 Å². The summed E-state index contributed by atoms with van der Waals surface area (Å²) in [5.74, 6) is -0.122. The van der Waals surface area contributed by atoms with Gasteiger partial charge < -0.3 is 15.2 Å². The fourth-order valence-corrected chi connectivity index (χ4v) is 2.96. The number of amides is 1. The summed E-state index contributed by atoms with van der Waals surface area (Å²) in [6, 6.07) is 10.8. The van der Waals surface area contributed by atoms with Gasteiger partial charge in [-0.25, -0.2) is 0 Å². The topological polar surface area (TPSA) is 82.3 Å². The molecule has 134 valence electrons. The number of nitrogens with zero attached hydrogens (tertiary/aromatic N) is 1. The van der Waals surface area contributed by atoms with Crippen molar-refractivity contribution in [1.29, 1.82) is 5.26 Å². The highest BCUT2D eigenvalue weighted by Gasteiger charge is 2.13. The molecule has 0 aliphatic heterocycles. The van der Waals surface area contributed by atoms with Crippen LogP contribution in [0.4, 0.5) is 5.69 Å². The van der Waals surface area contributed by atoms with Crippen LogP contribution in [0.5, 0.6) is 11.5 Å². The second-order valence-electron chi connectivity index (χ2n) is 5.65. The van der Waals surface area contributed by atoms with Gasteiger partial charge in [-0.05, 0) is 84.3 Å². The van der Waals surface area contributed by atoms with E-state index in [2.05, 4.69) is 5.32 Å². The van der Waals surface area contributed by atoms with Gasteiger partial charge in [0.1, 0.15) is 11.6 Å². The van der Waals surface area contributed by atoms with Crippen LogP contribution in [-0.2, 0) is 4.79 Å². The minimum absolute atomic E-state index is 0.0326. The van der Waals surface area contributed by atoms with Crippen LogP contribution in [-0.4, -0.2) is 17.6 Å². The number of rotatable bonds is 5. The van der Waals surface area contributed by atoms with Crippen molar-refractivity contribution >= 4 is 40.3 Å². The minimum atomic E-state index is -0.484. The average molecular weight is 462 g/mol. The molecule has 2 N–H and O–H groups in total. The molecule has 6 heteroatoms. The summed E-state index contributed by atoms with van der Waals surface area (Å²) < 4.78 is 5.97. The number of aryl methyl sites for hydroxylation is 1. The Hall–Kier alpha value is -2.53. The predicted octanol–water partition coefficient (Wildman–Crippen LogP) is 4.56. The third-order valence-corrected chi connectivity index (χ3v) is 4.70. The summed E-state index contributed by atoms with van der Waals surface area (Å²) in [5.41, 5.74) is 3.25. The molecule has 0 aliphatic rings. The van der Waals surface area contributed by atoms with Gasteiger partial charge in [-0.15, -0.1) is 0 Å². The smallest absolute Gasteiger partial charge is 0.266 e. The molecule has 2 rings (SSSR count). The molecule has 0 aliphatic carbocycles. The first-order chi connectivity index (χ1) is 12.4. The average Bonchev–Trinajstić information content (AvgIpc) is 2.61. The molecule has 0 saturated heterocycles. The molecule has 0 bridgehead atoms. The highest BCUT2D eigenvalue weighted by Crippen LogP contribution is 2.33. The van der Waals surface area contributed by atoms with E-state index in [0.29, 0.717) is 27.2 Å². The van der Waals surface area contributed by atoms with E-state index >= 15 is 0 Å². The molecule has 0 atom stereocenters. The summed E-state index contributed by atoms with van der Waals surface area (Å²) in [4.78, 5) is 12.5. The lowest BCUT2D eigenvalue weighted by Gasteiger charge is -2.11. The molecule has 0 heterocycles. The molecule has 0 radical (unpaired) electrons. The maximum Gasteiger partial charge on any atom is 0.266 e. The third-order valence-electron chi connectivity index (χ3n) is 3.88. The first-order valence-electron chi connectivity index (χ1n) is 8.02. The molecule has 0 unspecified atom stereocenters. The number of phenols is 1. The van der Waals surface area contributed by atoms with Crippen LogP contribution in [0.1, 0.15) is 23.6 Å². The van der Waals surface area contributed by atoms with Gasteiger partial charge in [0.2, 0.25) is 0 Å². The minimum Gasteiger partial charge on any atom is -0.504 e. The van der Waals surface area contributed by atoms with Crippen molar-refractivity contribution < 1.29 is 14.6 Å². The van der Waals surface area contributed by atoms with Crippen LogP contribution in [0.2, 0.25) is 0 Å². The Morgan fingerprint density at radius 2 is 2.12 bits per heavy atom. The highest BCUT2D eigenvalue weighted by molar-refractivity contribution is 14.1. The predicted molar refractivity (Wildman–Crippen MR) is 110 cm³/mol. The molecule has 1 amide bonds. The SMILES string of the molecule is CCOc1cc(/C=C(/C#N)C(=O)Nc2cccc(C)c2C)cc(I)c1O. The number of aromatic hydroxyl groups is 1. The summed E-state index contributed by atoms with van der Waals surface area (Å²) >= 11 is 1.98. The standard InChI is InChI=1S/C20H19IN2O3/c1-4-26-18-10-14(9-16(21)19(18)24)8-15(11-22)20(25)23-17-7-5-6-12(2)13(17)3/h5-10,24H,4H2,1-3H3,(H,23,25)/b15-8-. The van der Waals surface area contributed by atoms with Crippen molar-refractivity contribution in [2.24, 2.45) is 0 Å². The number of nitrogens with one attached hydrogen (secondary N) is 1. The van der Waals surface area contributed by atoms with Gasteiger partial charge in [0.05, 0.1) is 10.2 Å². The fraction of sp³-hybridized carbons (Fsp3) is 0.200. The quantitative estimate of drug-likeness (QED) is 0.388. The van der Waals surface area contributed by atoms with E-state index in [1.807, 2.05) is 61.6 Å². The number of carbonyl (C=O) groups excluding carboxylic acids is 1. The van der Waals surface area contributed by atoms with E-state index in [4.69, 9.17) is 4.74 Å². The Morgan fingerprint density at radius 1 is 1.38 bits per heavy atom. The van der Waals surface area contributed by atoms with E-state index in [-0.39, 0.29) is 11.3 Å². The van der Waals surface area contributed by atoms with Crippen molar-refractivity contribution in [3.05, 3.63) is 56.2 Å². The molecule has 0 fully saturated rings. The number of anilines is 1. The Bertz CT molecular complexity index is 914. The zero-order valence-corrected chi connectivity index (χ0v) is 16.9. The van der Waals surface area contributed by atoms with Crippen LogP contribution >= 0.6 is 22.6 Å². The normalized spacial score (nSPS) is 11.0. The molecule has 0 spiro atoms. The lowest BCUT2D eigenvalue weighted by molar-refractivity contribution is -0.112. The summed E-state index contributed by atoms with van der Waals surface area (Å²) in [7, 11) is 0. The van der Waals surface area contributed by atoms with Gasteiger partial charge in [-0.3, -0.25) is 4.79 Å². The van der Waals surface area contributed by atoms with Gasteiger partial charge in [0.15, 0.2) is 11.5 Å². The van der Waals surface area contributed by atoms with E-state index in [1.54, 1.807) is 18.2 Å². The molecule has 0 saturated carbocycles. The van der Waals surface area contributed by atoms with E-state index in [0.717, 1.165) is 11.1 Å². The summed E-state index contributed by atoms with van der Waals surface area (Å²) in [6.07, 6.45) is 1.48. The van der Waals surface area contributed by atoms with E-state index < -0.39 is 5.91 Å². The zero-order chi connectivity index (χ0) is 19.3. The summed E-state index contributed by atoms with van der Waals surface area (Å²) in [6.45, 7) is 6.08. The highest BCUT2D eigenvalue weighted by atomic mass is 127. The number of hydrogen-bond acceptors (Lipinski definition) is 4. The lowest BCUT2D eigenvalue weighted by Crippen LogP contribution is -2.14. The molecule has 2 aromatic carbocycles. The van der Waals surface area contributed by atoms with Crippen molar-refractivity contribution in [3.8, 4) is 17.6 Å². The third kappa shape index (κ3) is 4.55. The van der Waals surface area contributed by atoms with Crippen LogP contribution in [0.25, 0.3) is 6.08 Å². The Morgan fingerprint density at radius 3 is 2.77 bits per heavy atom. The fourth-order valence-electron chi connectivity index (χ4n) is 2.33. The number of halogens is 1. The second-order valence-corrected chi connectivity index (χ2v) is 6.82. The van der Waals surface area contributed by atoms with Crippen molar-refractivity contribution in [1.82, 2.24) is 0 Å². The number of nitriles is 1. The lowest BCUT2D eigenvalue weighted by atomic mass is 10.1. The van der Waals surface area contributed by atoms with Crippen LogP contribution < -0.4 is 10.1 Å². The molecule has 5 nitrogen and oxygen atoms in total. The molecular weight excluding hydrogens is 443 g/mol. The molecule has 0 aromatic heterocycles. The number of carbonyl (C=O) groups is 1. The van der Waals surface area contributed by atoms with Gasteiger partial charge in [0.25, 0.3) is 5.91 Å². The first-order valence-corrected chi connectivity index (χ1v) is 9.10. The van der Waals surface area contributed by atoms with Gasteiger partial charge in [0, 0.05) is 5.69 Å². The number of phenolic OH excluding ortho intramolecular Hbond substituents is 1. The number of hydrogen-bond donors (Lipinski definition) is 2. The van der Waals surface area contributed by atoms with Gasteiger partial charge in [-0.1, -0.05) is 12.1 Å². The maximum atomic E-state index is 12.5.